The zero-order chi connectivity index (χ0) is 10.7. The van der Waals surface area contributed by atoms with Gasteiger partial charge in [0.15, 0.2) is 0 Å². The molecule has 0 bridgehead atoms. The first-order valence-corrected chi connectivity index (χ1v) is 4.03. The van der Waals surface area contributed by atoms with Gasteiger partial charge in [0.1, 0.15) is 5.69 Å². The highest BCUT2D eigenvalue weighted by molar-refractivity contribution is 6.31. The minimum Gasteiger partial charge on any atom is -0.481 e. The highest BCUT2D eigenvalue weighted by atomic mass is 35.5. The summed E-state index contributed by atoms with van der Waals surface area (Å²) in [5.41, 5.74) is -0.511. The molecule has 0 amide bonds. The lowest BCUT2D eigenvalue weighted by Gasteiger charge is -2.03. The highest BCUT2D eigenvalue weighted by Gasteiger charge is 2.13. The van der Waals surface area contributed by atoms with Gasteiger partial charge in [-0.05, 0) is 12.1 Å². The van der Waals surface area contributed by atoms with Crippen LogP contribution >= 0.6 is 11.6 Å². The Hall–Kier alpha value is -1.23. The normalized spacial score (nSPS) is 10.6. The molecule has 0 fully saturated rings. The maximum atomic E-state index is 12.2. The van der Waals surface area contributed by atoms with Crippen molar-refractivity contribution in [2.45, 2.75) is 12.8 Å². The smallest absolute Gasteiger partial charge is 0.309 e. The van der Waals surface area contributed by atoms with Crippen LogP contribution in [0.2, 0.25) is 5.02 Å². The Morgan fingerprint density at radius 3 is 2.71 bits per heavy atom. The van der Waals surface area contributed by atoms with Crippen molar-refractivity contribution in [3.63, 3.8) is 0 Å². The van der Waals surface area contributed by atoms with Gasteiger partial charge in [0.25, 0.3) is 6.43 Å². The molecular weight excluding hydrogens is 216 g/mol. The standard InChI is InChI=1S/C8H6ClF2NO2/c9-4-1-2-5(8(10)11)12-6(4)3-7(13)14/h1-2,8H,3H2,(H,13,14). The van der Waals surface area contributed by atoms with Crippen LogP contribution in [-0.4, -0.2) is 16.1 Å². The van der Waals surface area contributed by atoms with E-state index in [0.717, 1.165) is 6.07 Å². The fourth-order valence-electron chi connectivity index (χ4n) is 0.890. The van der Waals surface area contributed by atoms with Gasteiger partial charge in [0.2, 0.25) is 0 Å². The quantitative estimate of drug-likeness (QED) is 0.852. The van der Waals surface area contributed by atoms with E-state index in [-0.39, 0.29) is 10.7 Å². The van der Waals surface area contributed by atoms with Crippen molar-refractivity contribution in [1.29, 1.82) is 0 Å². The molecule has 0 spiro atoms. The number of hydrogen-bond donors (Lipinski definition) is 1. The van der Waals surface area contributed by atoms with E-state index in [0.29, 0.717) is 0 Å². The molecule has 0 unspecified atom stereocenters. The van der Waals surface area contributed by atoms with E-state index in [2.05, 4.69) is 4.98 Å². The molecule has 0 saturated carbocycles. The Bertz CT molecular complexity index is 357. The monoisotopic (exact) mass is 221 g/mol. The van der Waals surface area contributed by atoms with E-state index in [1.165, 1.54) is 6.07 Å². The van der Waals surface area contributed by atoms with Crippen molar-refractivity contribution in [2.24, 2.45) is 0 Å². The van der Waals surface area contributed by atoms with Crippen LogP contribution in [-0.2, 0) is 11.2 Å². The summed E-state index contributed by atoms with van der Waals surface area (Å²) in [6.07, 6.45) is -3.18. The second kappa shape index (κ2) is 4.32. The molecule has 0 saturated heterocycles. The van der Waals surface area contributed by atoms with Crippen molar-refractivity contribution in [2.75, 3.05) is 0 Å². The maximum Gasteiger partial charge on any atom is 0.309 e. The van der Waals surface area contributed by atoms with Crippen LogP contribution in [0.3, 0.4) is 0 Å². The number of alkyl halides is 2. The maximum absolute atomic E-state index is 12.2. The molecule has 14 heavy (non-hydrogen) atoms. The van der Waals surface area contributed by atoms with Crippen LogP contribution < -0.4 is 0 Å². The average molecular weight is 222 g/mol. The van der Waals surface area contributed by atoms with Crippen molar-refractivity contribution in [3.8, 4) is 0 Å². The number of halogens is 3. The molecule has 0 aliphatic carbocycles. The van der Waals surface area contributed by atoms with Gasteiger partial charge in [-0.15, -0.1) is 0 Å². The summed E-state index contributed by atoms with van der Waals surface area (Å²) in [4.78, 5) is 13.8. The van der Waals surface area contributed by atoms with Crippen LogP contribution in [0.5, 0.6) is 0 Å². The topological polar surface area (TPSA) is 50.2 Å². The third kappa shape index (κ3) is 2.63. The van der Waals surface area contributed by atoms with Gasteiger partial charge in [-0.3, -0.25) is 4.79 Å². The minimum absolute atomic E-state index is 0.0445. The summed E-state index contributed by atoms with van der Waals surface area (Å²) in [6, 6.07) is 2.28. The molecule has 1 rings (SSSR count). The molecule has 6 heteroatoms. The van der Waals surface area contributed by atoms with Gasteiger partial charge in [0, 0.05) is 0 Å². The second-order valence-corrected chi connectivity index (χ2v) is 2.94. The van der Waals surface area contributed by atoms with Gasteiger partial charge in [0.05, 0.1) is 17.1 Å². The molecule has 0 aliphatic heterocycles. The second-order valence-electron chi connectivity index (χ2n) is 2.54. The number of carboxylic acids is 1. The number of aliphatic carboxylic acids is 1. The fraction of sp³-hybridized carbons (Fsp3) is 0.250. The van der Waals surface area contributed by atoms with Gasteiger partial charge in [-0.25, -0.2) is 13.8 Å². The first-order chi connectivity index (χ1) is 6.50. The lowest BCUT2D eigenvalue weighted by molar-refractivity contribution is -0.136. The van der Waals surface area contributed by atoms with Crippen molar-refractivity contribution >= 4 is 17.6 Å². The Morgan fingerprint density at radius 2 is 2.21 bits per heavy atom. The number of rotatable bonds is 3. The summed E-state index contributed by atoms with van der Waals surface area (Å²) in [7, 11) is 0. The third-order valence-electron chi connectivity index (χ3n) is 1.48. The number of pyridine rings is 1. The van der Waals surface area contributed by atoms with Crippen LogP contribution in [0.4, 0.5) is 8.78 Å². The molecule has 0 atom stereocenters. The van der Waals surface area contributed by atoms with Gasteiger partial charge >= 0.3 is 5.97 Å². The van der Waals surface area contributed by atoms with E-state index < -0.39 is 24.5 Å². The molecule has 0 aliphatic rings. The molecule has 1 aromatic heterocycles. The fourth-order valence-corrected chi connectivity index (χ4v) is 1.06. The minimum atomic E-state index is -2.72. The zero-order valence-electron chi connectivity index (χ0n) is 6.88. The summed E-state index contributed by atoms with van der Waals surface area (Å²) >= 11 is 5.57. The predicted octanol–water partition coefficient (Wildman–Crippen LogP) is 2.30. The first kappa shape index (κ1) is 10.8. The first-order valence-electron chi connectivity index (χ1n) is 3.66. The number of aromatic nitrogens is 1. The van der Waals surface area contributed by atoms with Crippen LogP contribution in [0.15, 0.2) is 12.1 Å². The van der Waals surface area contributed by atoms with E-state index in [1.807, 2.05) is 0 Å². The van der Waals surface area contributed by atoms with Crippen molar-refractivity contribution < 1.29 is 18.7 Å². The summed E-state index contributed by atoms with van der Waals surface area (Å²) in [5, 5.41) is 8.52. The molecule has 1 aromatic rings. The van der Waals surface area contributed by atoms with Crippen LogP contribution in [0.25, 0.3) is 0 Å². The number of nitrogens with zero attached hydrogens (tertiary/aromatic N) is 1. The lowest BCUT2D eigenvalue weighted by atomic mass is 10.2. The van der Waals surface area contributed by atoms with Gasteiger partial charge in [-0.2, -0.15) is 0 Å². The van der Waals surface area contributed by atoms with Crippen LogP contribution in [0.1, 0.15) is 17.8 Å². The molecule has 3 nitrogen and oxygen atoms in total. The molecule has 0 radical (unpaired) electrons. The highest BCUT2D eigenvalue weighted by Crippen LogP contribution is 2.21. The van der Waals surface area contributed by atoms with E-state index in [1.54, 1.807) is 0 Å². The van der Waals surface area contributed by atoms with Crippen LogP contribution in [0, 0.1) is 0 Å². The Morgan fingerprint density at radius 1 is 1.57 bits per heavy atom. The number of carboxylic acid groups (broad SMARTS) is 1. The summed E-state index contributed by atoms with van der Waals surface area (Å²) in [6.45, 7) is 0. The predicted molar refractivity (Wildman–Crippen MR) is 45.5 cm³/mol. The third-order valence-corrected chi connectivity index (χ3v) is 1.83. The van der Waals surface area contributed by atoms with E-state index >= 15 is 0 Å². The molecule has 1 heterocycles. The largest absolute Gasteiger partial charge is 0.481 e. The molecule has 0 aromatic carbocycles. The molecule has 1 N–H and O–H groups in total. The zero-order valence-corrected chi connectivity index (χ0v) is 7.63. The van der Waals surface area contributed by atoms with Crippen molar-refractivity contribution in [1.82, 2.24) is 4.98 Å². The Labute approximate surface area is 83.3 Å². The Kier molecular flexibility index (Phi) is 3.35. The summed E-state index contributed by atoms with van der Waals surface area (Å²) in [5.74, 6) is -1.16. The SMILES string of the molecule is O=C(O)Cc1nc(C(F)F)ccc1Cl. The lowest BCUT2D eigenvalue weighted by Crippen LogP contribution is -2.05. The molecule has 76 valence electrons. The van der Waals surface area contributed by atoms with Gasteiger partial charge in [-0.1, -0.05) is 11.6 Å². The van der Waals surface area contributed by atoms with E-state index in [4.69, 9.17) is 16.7 Å². The Balaban J connectivity index is 3.02. The average Bonchev–Trinajstić information content (AvgIpc) is 2.07. The molecular formula is C8H6ClF2NO2. The van der Waals surface area contributed by atoms with Gasteiger partial charge < -0.3 is 5.11 Å². The number of hydrogen-bond acceptors (Lipinski definition) is 2. The summed E-state index contributed by atoms with van der Waals surface area (Å²) < 4.78 is 24.3. The van der Waals surface area contributed by atoms with E-state index in [9.17, 15) is 13.6 Å². The number of carbonyl (C=O) groups is 1. The van der Waals surface area contributed by atoms with Crippen molar-refractivity contribution in [3.05, 3.63) is 28.5 Å².